The van der Waals surface area contributed by atoms with Gasteiger partial charge in [0.15, 0.2) is 0 Å². The molecule has 1 nitrogen and oxygen atoms in total. The Balaban J connectivity index is 3.36. The highest BCUT2D eigenvalue weighted by molar-refractivity contribution is 9.26. The van der Waals surface area contributed by atoms with E-state index >= 15 is 0 Å². The second-order valence-electron chi connectivity index (χ2n) is 1.19. The lowest BCUT2D eigenvalue weighted by Crippen LogP contribution is -2.25. The average molecular weight is 296 g/mol. The van der Waals surface area contributed by atoms with E-state index < -0.39 is 0 Å². The smallest absolute Gasteiger partial charge is 0.102 e. The van der Waals surface area contributed by atoms with Crippen LogP contribution in [0.25, 0.3) is 0 Å². The monoisotopic (exact) mass is 293 g/mol. The molecule has 0 heterocycles. The van der Waals surface area contributed by atoms with E-state index in [2.05, 4.69) is 47.8 Å². The first kappa shape index (κ1) is 8.40. The van der Waals surface area contributed by atoms with Crippen LogP contribution in [0.15, 0.2) is 0 Å². The standard InChI is InChI=1S/C3H6Br3N/c4-1-3(5,6)2-7/h1-2,7H2. The summed E-state index contributed by atoms with van der Waals surface area (Å²) in [6.07, 6.45) is 0. The van der Waals surface area contributed by atoms with Gasteiger partial charge in [0.2, 0.25) is 0 Å². The zero-order chi connectivity index (χ0) is 5.91. The van der Waals surface area contributed by atoms with Crippen LogP contribution in [-0.2, 0) is 0 Å². The molecular formula is C3H6Br3N. The van der Waals surface area contributed by atoms with Gasteiger partial charge in [-0.2, -0.15) is 0 Å². The predicted octanol–water partition coefficient (Wildman–Crippen LogP) is 1.83. The summed E-state index contributed by atoms with van der Waals surface area (Å²) in [5, 5.41) is 0.816. The van der Waals surface area contributed by atoms with Crippen molar-refractivity contribution in [1.82, 2.24) is 0 Å². The lowest BCUT2D eigenvalue weighted by molar-refractivity contribution is 0.941. The third-order valence-electron chi connectivity index (χ3n) is 0.494. The van der Waals surface area contributed by atoms with Gasteiger partial charge in [-0.1, -0.05) is 47.8 Å². The van der Waals surface area contributed by atoms with Gasteiger partial charge in [0, 0.05) is 11.9 Å². The molecule has 0 spiro atoms. The molecule has 4 heteroatoms. The van der Waals surface area contributed by atoms with Gasteiger partial charge in [0.25, 0.3) is 0 Å². The van der Waals surface area contributed by atoms with Crippen molar-refractivity contribution >= 4 is 47.8 Å². The van der Waals surface area contributed by atoms with Crippen LogP contribution in [0.5, 0.6) is 0 Å². The highest BCUT2D eigenvalue weighted by Crippen LogP contribution is 2.26. The molecule has 0 unspecified atom stereocenters. The molecule has 44 valence electrons. The lowest BCUT2D eigenvalue weighted by atomic mass is 10.5. The average Bonchev–Trinajstić information content (AvgIpc) is 1.68. The highest BCUT2D eigenvalue weighted by atomic mass is 79.9. The van der Waals surface area contributed by atoms with Crippen molar-refractivity contribution in [3.8, 4) is 0 Å². The molecule has 0 saturated carbocycles. The van der Waals surface area contributed by atoms with E-state index in [-0.39, 0.29) is 3.23 Å². The van der Waals surface area contributed by atoms with E-state index in [1.54, 1.807) is 0 Å². The molecule has 0 atom stereocenters. The molecule has 0 bridgehead atoms. The number of rotatable bonds is 2. The summed E-state index contributed by atoms with van der Waals surface area (Å²) >= 11 is 9.91. The zero-order valence-electron chi connectivity index (χ0n) is 3.63. The van der Waals surface area contributed by atoms with E-state index in [1.807, 2.05) is 0 Å². The van der Waals surface area contributed by atoms with Gasteiger partial charge in [-0.05, 0) is 0 Å². The van der Waals surface area contributed by atoms with E-state index in [9.17, 15) is 0 Å². The van der Waals surface area contributed by atoms with Crippen LogP contribution < -0.4 is 5.73 Å². The van der Waals surface area contributed by atoms with Crippen LogP contribution in [0, 0.1) is 0 Å². The van der Waals surface area contributed by atoms with Crippen LogP contribution >= 0.6 is 47.8 Å². The number of halogens is 3. The summed E-state index contributed by atoms with van der Waals surface area (Å²) in [7, 11) is 0. The Bertz CT molecular complexity index is 48.1. The predicted molar refractivity (Wildman–Crippen MR) is 43.4 cm³/mol. The Labute approximate surface area is 68.4 Å². The number of alkyl halides is 3. The molecule has 0 saturated heterocycles. The van der Waals surface area contributed by atoms with Crippen LogP contribution in [0.2, 0.25) is 0 Å². The highest BCUT2D eigenvalue weighted by Gasteiger charge is 2.17. The maximum atomic E-state index is 5.29. The van der Waals surface area contributed by atoms with Gasteiger partial charge in [-0.15, -0.1) is 0 Å². The van der Waals surface area contributed by atoms with Crippen LogP contribution in [-0.4, -0.2) is 15.1 Å². The maximum absolute atomic E-state index is 5.29. The van der Waals surface area contributed by atoms with Gasteiger partial charge in [-0.25, -0.2) is 0 Å². The van der Waals surface area contributed by atoms with Crippen LogP contribution in [0.1, 0.15) is 0 Å². The molecule has 0 aliphatic carbocycles. The first-order valence-electron chi connectivity index (χ1n) is 1.76. The van der Waals surface area contributed by atoms with E-state index in [4.69, 9.17) is 5.73 Å². The maximum Gasteiger partial charge on any atom is 0.102 e. The fourth-order valence-electron chi connectivity index (χ4n) is 0.0546. The minimum Gasteiger partial charge on any atom is -0.328 e. The van der Waals surface area contributed by atoms with Crippen LogP contribution in [0.4, 0.5) is 0 Å². The van der Waals surface area contributed by atoms with Crippen LogP contribution in [0.3, 0.4) is 0 Å². The Morgan fingerprint density at radius 1 is 1.43 bits per heavy atom. The SMILES string of the molecule is NCC(Br)(Br)CBr. The molecular weight excluding hydrogens is 290 g/mol. The molecule has 0 fully saturated rings. The van der Waals surface area contributed by atoms with E-state index in [0.29, 0.717) is 6.54 Å². The van der Waals surface area contributed by atoms with E-state index in [1.165, 1.54) is 0 Å². The molecule has 2 N–H and O–H groups in total. The summed E-state index contributed by atoms with van der Waals surface area (Å²) in [6, 6.07) is 0. The normalized spacial score (nSPS) is 12.0. The summed E-state index contributed by atoms with van der Waals surface area (Å²) in [4.78, 5) is 0. The Kier molecular flexibility index (Phi) is 4.12. The molecule has 0 rings (SSSR count). The summed E-state index contributed by atoms with van der Waals surface area (Å²) in [6.45, 7) is 0.582. The minimum atomic E-state index is -0.0972. The minimum absolute atomic E-state index is 0.0972. The molecule has 0 aromatic heterocycles. The van der Waals surface area contributed by atoms with Crippen molar-refractivity contribution in [3.05, 3.63) is 0 Å². The molecule has 0 aliphatic heterocycles. The first-order valence-corrected chi connectivity index (χ1v) is 4.47. The second kappa shape index (κ2) is 3.43. The molecule has 0 amide bonds. The Morgan fingerprint density at radius 3 is 1.86 bits per heavy atom. The van der Waals surface area contributed by atoms with Crippen molar-refractivity contribution in [1.29, 1.82) is 0 Å². The first-order chi connectivity index (χ1) is 3.12. The van der Waals surface area contributed by atoms with Gasteiger partial charge in [0.05, 0.1) is 0 Å². The van der Waals surface area contributed by atoms with Gasteiger partial charge >= 0.3 is 0 Å². The number of nitrogens with two attached hydrogens (primary N) is 1. The topological polar surface area (TPSA) is 26.0 Å². The Hall–Kier alpha value is 1.40. The van der Waals surface area contributed by atoms with Gasteiger partial charge < -0.3 is 5.73 Å². The van der Waals surface area contributed by atoms with Crippen molar-refractivity contribution in [2.45, 2.75) is 3.23 Å². The second-order valence-corrected chi connectivity index (χ2v) is 5.85. The number of hydrogen-bond donors (Lipinski definition) is 1. The van der Waals surface area contributed by atoms with E-state index in [0.717, 1.165) is 5.33 Å². The number of hydrogen-bond acceptors (Lipinski definition) is 1. The third kappa shape index (κ3) is 3.94. The zero-order valence-corrected chi connectivity index (χ0v) is 8.38. The molecule has 7 heavy (non-hydrogen) atoms. The summed E-state index contributed by atoms with van der Waals surface area (Å²) < 4.78 is -0.0972. The lowest BCUT2D eigenvalue weighted by Gasteiger charge is -2.11. The molecule has 0 aromatic carbocycles. The summed E-state index contributed by atoms with van der Waals surface area (Å²) in [5.41, 5.74) is 5.29. The largest absolute Gasteiger partial charge is 0.328 e. The van der Waals surface area contributed by atoms with Crippen molar-refractivity contribution in [2.75, 3.05) is 11.9 Å². The molecule has 0 aliphatic rings. The Morgan fingerprint density at radius 2 is 1.86 bits per heavy atom. The third-order valence-corrected chi connectivity index (χ3v) is 4.16. The van der Waals surface area contributed by atoms with Crippen molar-refractivity contribution < 1.29 is 0 Å². The van der Waals surface area contributed by atoms with Crippen molar-refractivity contribution in [3.63, 3.8) is 0 Å². The quantitative estimate of drug-likeness (QED) is 0.773. The molecule has 0 radical (unpaired) electrons. The van der Waals surface area contributed by atoms with Gasteiger partial charge in [-0.3, -0.25) is 0 Å². The van der Waals surface area contributed by atoms with Gasteiger partial charge in [0.1, 0.15) is 3.23 Å². The fourth-order valence-corrected chi connectivity index (χ4v) is 0.283. The summed E-state index contributed by atoms with van der Waals surface area (Å²) in [5.74, 6) is 0. The molecule has 0 aromatic rings. The fraction of sp³-hybridized carbons (Fsp3) is 1.00. The van der Waals surface area contributed by atoms with Crippen molar-refractivity contribution in [2.24, 2.45) is 5.73 Å².